The predicted molar refractivity (Wildman–Crippen MR) is 57.5 cm³/mol. The molecule has 0 spiro atoms. The van der Waals surface area contributed by atoms with E-state index < -0.39 is 0 Å². The Morgan fingerprint density at radius 3 is 2.57 bits per heavy atom. The van der Waals surface area contributed by atoms with E-state index in [0.717, 1.165) is 32.8 Å². The molecule has 0 aromatic rings. The molecule has 1 saturated heterocycles. The molecule has 1 heterocycles. The molecule has 14 heavy (non-hydrogen) atoms. The van der Waals surface area contributed by atoms with Gasteiger partial charge in [-0.3, -0.25) is 4.90 Å². The Morgan fingerprint density at radius 1 is 1.29 bits per heavy atom. The van der Waals surface area contributed by atoms with E-state index >= 15 is 0 Å². The van der Waals surface area contributed by atoms with Crippen LogP contribution in [0.2, 0.25) is 0 Å². The Hall–Kier alpha value is -0.120. The van der Waals surface area contributed by atoms with E-state index in [2.05, 4.69) is 17.1 Å². The summed E-state index contributed by atoms with van der Waals surface area (Å²) in [7, 11) is 0. The molecule has 1 N–H and O–H groups in total. The van der Waals surface area contributed by atoms with Crippen molar-refractivity contribution in [2.24, 2.45) is 0 Å². The molecule has 3 heteroatoms. The van der Waals surface area contributed by atoms with Crippen LogP contribution in [0, 0.1) is 0 Å². The van der Waals surface area contributed by atoms with Crippen LogP contribution in [0.4, 0.5) is 0 Å². The lowest BCUT2D eigenvalue weighted by molar-refractivity contribution is 0.0366. The van der Waals surface area contributed by atoms with Crippen molar-refractivity contribution in [3.05, 3.63) is 0 Å². The second-order valence-corrected chi connectivity index (χ2v) is 4.80. The quantitative estimate of drug-likeness (QED) is 0.725. The van der Waals surface area contributed by atoms with Gasteiger partial charge in [-0.15, -0.1) is 0 Å². The van der Waals surface area contributed by atoms with Crippen LogP contribution in [0.5, 0.6) is 0 Å². The van der Waals surface area contributed by atoms with E-state index in [-0.39, 0.29) is 0 Å². The molecule has 2 rings (SSSR count). The molecule has 2 aliphatic rings. The summed E-state index contributed by atoms with van der Waals surface area (Å²) in [5.41, 5.74) is 0.465. The van der Waals surface area contributed by atoms with Gasteiger partial charge in [0.1, 0.15) is 0 Å². The summed E-state index contributed by atoms with van der Waals surface area (Å²) in [6.07, 6.45) is 4.12. The van der Waals surface area contributed by atoms with Crippen LogP contribution < -0.4 is 5.32 Å². The molecule has 0 amide bonds. The molecule has 0 atom stereocenters. The number of hydrogen-bond acceptors (Lipinski definition) is 3. The van der Waals surface area contributed by atoms with Crippen LogP contribution in [0.25, 0.3) is 0 Å². The Kier molecular flexibility index (Phi) is 3.42. The first-order chi connectivity index (χ1) is 6.79. The van der Waals surface area contributed by atoms with Gasteiger partial charge in [-0.25, -0.2) is 0 Å². The largest absolute Gasteiger partial charge is 0.379 e. The average molecular weight is 198 g/mol. The van der Waals surface area contributed by atoms with Crippen molar-refractivity contribution in [2.75, 3.05) is 39.4 Å². The van der Waals surface area contributed by atoms with Crippen molar-refractivity contribution >= 4 is 0 Å². The highest BCUT2D eigenvalue weighted by Gasteiger charge is 2.30. The summed E-state index contributed by atoms with van der Waals surface area (Å²) in [5, 5.41) is 3.66. The monoisotopic (exact) mass is 198 g/mol. The Morgan fingerprint density at radius 2 is 2.00 bits per heavy atom. The zero-order valence-corrected chi connectivity index (χ0v) is 9.22. The fourth-order valence-electron chi connectivity index (χ4n) is 2.22. The number of nitrogens with zero attached hydrogens (tertiary/aromatic N) is 1. The highest BCUT2D eigenvalue weighted by atomic mass is 16.5. The zero-order valence-electron chi connectivity index (χ0n) is 9.22. The lowest BCUT2D eigenvalue weighted by atomic mass is 9.78. The molecule has 1 aliphatic heterocycles. The number of nitrogens with one attached hydrogen (secondary N) is 1. The number of hydrogen-bond donors (Lipinski definition) is 1. The topological polar surface area (TPSA) is 24.5 Å². The van der Waals surface area contributed by atoms with Crippen LogP contribution in [-0.2, 0) is 4.74 Å². The lowest BCUT2D eigenvalue weighted by Crippen LogP contribution is -2.51. The minimum atomic E-state index is 0.465. The number of ether oxygens (including phenoxy) is 1. The second kappa shape index (κ2) is 4.60. The molecule has 0 radical (unpaired) electrons. The van der Waals surface area contributed by atoms with Crippen LogP contribution in [-0.4, -0.2) is 49.8 Å². The van der Waals surface area contributed by atoms with Gasteiger partial charge in [-0.05, 0) is 26.2 Å². The van der Waals surface area contributed by atoms with Gasteiger partial charge in [0.2, 0.25) is 0 Å². The van der Waals surface area contributed by atoms with Gasteiger partial charge in [-0.1, -0.05) is 0 Å². The molecule has 0 unspecified atom stereocenters. The summed E-state index contributed by atoms with van der Waals surface area (Å²) in [6.45, 7) is 8.70. The molecule has 82 valence electrons. The Labute approximate surface area is 86.8 Å². The summed E-state index contributed by atoms with van der Waals surface area (Å²) < 4.78 is 5.32. The van der Waals surface area contributed by atoms with Crippen molar-refractivity contribution in [3.8, 4) is 0 Å². The van der Waals surface area contributed by atoms with Gasteiger partial charge in [0, 0.05) is 31.7 Å². The first-order valence-corrected chi connectivity index (χ1v) is 5.84. The molecular weight excluding hydrogens is 176 g/mol. The highest BCUT2D eigenvalue weighted by Crippen LogP contribution is 2.30. The van der Waals surface area contributed by atoms with Crippen molar-refractivity contribution in [2.45, 2.75) is 31.7 Å². The standard InChI is InChI=1S/C11H22N2O/c1-11(3-2-4-11)12-5-6-13-7-9-14-10-8-13/h12H,2-10H2,1H3. The lowest BCUT2D eigenvalue weighted by Gasteiger charge is -2.40. The Bertz CT molecular complexity index is 174. The highest BCUT2D eigenvalue weighted by molar-refractivity contribution is 4.91. The van der Waals surface area contributed by atoms with Crippen LogP contribution >= 0.6 is 0 Å². The average Bonchev–Trinajstić information content (AvgIpc) is 2.17. The van der Waals surface area contributed by atoms with Gasteiger partial charge in [0.05, 0.1) is 13.2 Å². The summed E-state index contributed by atoms with van der Waals surface area (Å²) >= 11 is 0. The minimum Gasteiger partial charge on any atom is -0.379 e. The maximum Gasteiger partial charge on any atom is 0.0594 e. The van der Waals surface area contributed by atoms with Gasteiger partial charge < -0.3 is 10.1 Å². The van der Waals surface area contributed by atoms with E-state index in [1.54, 1.807) is 0 Å². The van der Waals surface area contributed by atoms with E-state index in [9.17, 15) is 0 Å². The fraction of sp³-hybridized carbons (Fsp3) is 1.00. The van der Waals surface area contributed by atoms with Crippen molar-refractivity contribution in [1.82, 2.24) is 10.2 Å². The Balaban J connectivity index is 1.57. The van der Waals surface area contributed by atoms with Gasteiger partial charge in [0.15, 0.2) is 0 Å². The zero-order chi connectivity index (χ0) is 9.86. The van der Waals surface area contributed by atoms with Crippen LogP contribution in [0.15, 0.2) is 0 Å². The third-order valence-electron chi connectivity index (χ3n) is 3.54. The maximum atomic E-state index is 5.32. The third-order valence-corrected chi connectivity index (χ3v) is 3.54. The third kappa shape index (κ3) is 2.69. The van der Waals surface area contributed by atoms with Crippen molar-refractivity contribution < 1.29 is 4.74 Å². The molecule has 3 nitrogen and oxygen atoms in total. The second-order valence-electron chi connectivity index (χ2n) is 4.80. The first kappa shape index (κ1) is 10.4. The molecular formula is C11H22N2O. The summed E-state index contributed by atoms with van der Waals surface area (Å²) in [4.78, 5) is 2.48. The van der Waals surface area contributed by atoms with Crippen LogP contribution in [0.3, 0.4) is 0 Å². The van der Waals surface area contributed by atoms with E-state index in [1.807, 2.05) is 0 Å². The number of rotatable bonds is 4. The molecule has 2 fully saturated rings. The van der Waals surface area contributed by atoms with E-state index in [1.165, 1.54) is 25.8 Å². The number of morpholine rings is 1. The maximum absolute atomic E-state index is 5.32. The smallest absolute Gasteiger partial charge is 0.0594 e. The van der Waals surface area contributed by atoms with Gasteiger partial charge in [0.25, 0.3) is 0 Å². The predicted octanol–water partition coefficient (Wildman–Crippen LogP) is 0.851. The van der Waals surface area contributed by atoms with E-state index in [4.69, 9.17) is 4.74 Å². The molecule has 0 aromatic carbocycles. The minimum absolute atomic E-state index is 0.465. The fourth-order valence-corrected chi connectivity index (χ4v) is 2.22. The van der Waals surface area contributed by atoms with E-state index in [0.29, 0.717) is 5.54 Å². The summed E-state index contributed by atoms with van der Waals surface area (Å²) in [6, 6.07) is 0. The first-order valence-electron chi connectivity index (χ1n) is 5.84. The molecule has 1 aliphatic carbocycles. The van der Waals surface area contributed by atoms with Crippen molar-refractivity contribution in [3.63, 3.8) is 0 Å². The van der Waals surface area contributed by atoms with Crippen LogP contribution in [0.1, 0.15) is 26.2 Å². The summed E-state index contributed by atoms with van der Waals surface area (Å²) in [5.74, 6) is 0. The SMILES string of the molecule is CC1(NCCN2CCOCC2)CCC1. The van der Waals surface area contributed by atoms with Crippen molar-refractivity contribution in [1.29, 1.82) is 0 Å². The van der Waals surface area contributed by atoms with Gasteiger partial charge >= 0.3 is 0 Å². The normalized spacial score (nSPS) is 27.2. The van der Waals surface area contributed by atoms with Gasteiger partial charge in [-0.2, -0.15) is 0 Å². The molecule has 0 aromatic heterocycles. The molecule has 1 saturated carbocycles. The molecule has 0 bridgehead atoms.